The topological polar surface area (TPSA) is 115 Å². The van der Waals surface area contributed by atoms with Crippen LogP contribution in [0.15, 0.2) is 42.6 Å². The number of aromatic nitrogens is 4. The highest BCUT2D eigenvalue weighted by Crippen LogP contribution is 2.32. The maximum absolute atomic E-state index is 13.7. The Kier molecular flexibility index (Phi) is 7.65. The Bertz CT molecular complexity index is 1490. The number of phenolic OH excluding ortho intramolecular Hbond substituents is 1. The molecule has 2 aromatic heterocycles. The van der Waals surface area contributed by atoms with Crippen LogP contribution in [0.25, 0.3) is 22.3 Å². The van der Waals surface area contributed by atoms with E-state index in [1.165, 1.54) is 6.07 Å². The predicted molar refractivity (Wildman–Crippen MR) is 149 cm³/mol. The van der Waals surface area contributed by atoms with Gasteiger partial charge in [0.1, 0.15) is 17.2 Å². The standard InChI is InChI=1S/C29H34N6O4/c1-5-35-18(2)20(16-30-35)17-34(3)29(37)27-23-15-22(36)7-9-24(23)32-28(33-27)19-6-8-25(26(14-19)38-4)31-21-10-12-39-13-11-21/h6-9,14-16,21,31,36H,5,10-13,17H2,1-4H3. The molecular formula is C29H34N6O4. The summed E-state index contributed by atoms with van der Waals surface area (Å²) in [6, 6.07) is 10.9. The summed E-state index contributed by atoms with van der Waals surface area (Å²) in [5.41, 5.74) is 4.37. The van der Waals surface area contributed by atoms with Gasteiger partial charge < -0.3 is 24.8 Å². The van der Waals surface area contributed by atoms with E-state index in [9.17, 15) is 9.90 Å². The van der Waals surface area contributed by atoms with Gasteiger partial charge in [0, 0.05) is 61.6 Å². The number of aromatic hydroxyl groups is 1. The third-order valence-electron chi connectivity index (χ3n) is 7.18. The van der Waals surface area contributed by atoms with Crippen molar-refractivity contribution in [2.75, 3.05) is 32.7 Å². The first-order valence-corrected chi connectivity index (χ1v) is 13.2. The van der Waals surface area contributed by atoms with E-state index in [0.717, 1.165) is 55.1 Å². The molecule has 2 N–H and O–H groups in total. The number of hydrogen-bond donors (Lipinski definition) is 2. The number of benzene rings is 2. The maximum atomic E-state index is 13.7. The summed E-state index contributed by atoms with van der Waals surface area (Å²) in [6.45, 7) is 6.64. The molecule has 0 saturated carbocycles. The lowest BCUT2D eigenvalue weighted by Gasteiger charge is -2.25. The highest BCUT2D eigenvalue weighted by molar-refractivity contribution is 6.05. The highest BCUT2D eigenvalue weighted by atomic mass is 16.5. The molecule has 0 atom stereocenters. The molecule has 10 nitrogen and oxygen atoms in total. The number of rotatable bonds is 8. The normalized spacial score (nSPS) is 13.9. The molecule has 39 heavy (non-hydrogen) atoms. The summed E-state index contributed by atoms with van der Waals surface area (Å²) >= 11 is 0. The SMILES string of the molecule is CCn1ncc(CN(C)C(=O)c2nc(-c3ccc(NC4CCOCC4)c(OC)c3)nc3ccc(O)cc23)c1C. The summed E-state index contributed by atoms with van der Waals surface area (Å²) in [5.74, 6) is 0.834. The molecule has 1 aliphatic rings. The summed E-state index contributed by atoms with van der Waals surface area (Å²) in [4.78, 5) is 24.8. The molecule has 10 heteroatoms. The van der Waals surface area contributed by atoms with Gasteiger partial charge in [-0.15, -0.1) is 0 Å². The molecule has 1 fully saturated rings. The van der Waals surface area contributed by atoms with E-state index in [4.69, 9.17) is 19.4 Å². The van der Waals surface area contributed by atoms with E-state index in [-0.39, 0.29) is 17.4 Å². The van der Waals surface area contributed by atoms with E-state index in [0.29, 0.717) is 35.1 Å². The van der Waals surface area contributed by atoms with Gasteiger partial charge in [0.2, 0.25) is 0 Å². The molecule has 1 saturated heterocycles. The summed E-state index contributed by atoms with van der Waals surface area (Å²) < 4.78 is 13.1. The fourth-order valence-corrected chi connectivity index (χ4v) is 4.89. The highest BCUT2D eigenvalue weighted by Gasteiger charge is 2.22. The van der Waals surface area contributed by atoms with Crippen molar-refractivity contribution < 1.29 is 19.4 Å². The lowest BCUT2D eigenvalue weighted by Crippen LogP contribution is -2.28. The molecule has 0 spiro atoms. The number of hydrogen-bond acceptors (Lipinski definition) is 8. The third-order valence-corrected chi connectivity index (χ3v) is 7.18. The third kappa shape index (κ3) is 5.51. The minimum atomic E-state index is -0.275. The second kappa shape index (κ2) is 11.3. The van der Waals surface area contributed by atoms with Crippen molar-refractivity contribution in [2.45, 2.75) is 45.8 Å². The molecule has 204 valence electrons. The molecule has 1 aliphatic heterocycles. The zero-order valence-electron chi connectivity index (χ0n) is 22.8. The van der Waals surface area contributed by atoms with Crippen molar-refractivity contribution in [2.24, 2.45) is 0 Å². The van der Waals surface area contributed by atoms with Gasteiger partial charge in [-0.2, -0.15) is 5.10 Å². The fourth-order valence-electron chi connectivity index (χ4n) is 4.89. The van der Waals surface area contributed by atoms with Gasteiger partial charge in [0.05, 0.1) is 24.5 Å². The molecule has 0 bridgehead atoms. The Morgan fingerprint density at radius 2 is 2.00 bits per heavy atom. The molecule has 2 aromatic carbocycles. The summed E-state index contributed by atoms with van der Waals surface area (Å²) in [6.07, 6.45) is 3.66. The second-order valence-electron chi connectivity index (χ2n) is 9.78. The number of nitrogens with zero attached hydrogens (tertiary/aromatic N) is 5. The lowest BCUT2D eigenvalue weighted by molar-refractivity contribution is 0.0781. The first kappa shape index (κ1) is 26.4. The van der Waals surface area contributed by atoms with Crippen molar-refractivity contribution in [1.82, 2.24) is 24.6 Å². The lowest BCUT2D eigenvalue weighted by atomic mass is 10.1. The number of anilines is 1. The van der Waals surface area contributed by atoms with Crippen molar-refractivity contribution in [1.29, 1.82) is 0 Å². The monoisotopic (exact) mass is 530 g/mol. The Balaban J connectivity index is 1.50. The van der Waals surface area contributed by atoms with Crippen LogP contribution in [0.4, 0.5) is 5.69 Å². The number of carbonyl (C=O) groups is 1. The van der Waals surface area contributed by atoms with Crippen LogP contribution in [-0.4, -0.2) is 69.1 Å². The maximum Gasteiger partial charge on any atom is 0.273 e. The van der Waals surface area contributed by atoms with Crippen molar-refractivity contribution in [3.05, 3.63) is 59.5 Å². The zero-order valence-corrected chi connectivity index (χ0v) is 22.8. The minimum absolute atomic E-state index is 0.0424. The van der Waals surface area contributed by atoms with Crippen LogP contribution < -0.4 is 10.1 Å². The van der Waals surface area contributed by atoms with Crippen LogP contribution in [0.1, 0.15) is 41.5 Å². The smallest absolute Gasteiger partial charge is 0.273 e. The number of fused-ring (bicyclic) bond motifs is 1. The Morgan fingerprint density at radius 3 is 2.72 bits per heavy atom. The van der Waals surface area contributed by atoms with Crippen molar-refractivity contribution in [3.63, 3.8) is 0 Å². The van der Waals surface area contributed by atoms with Gasteiger partial charge in [-0.05, 0) is 63.1 Å². The summed E-state index contributed by atoms with van der Waals surface area (Å²) in [7, 11) is 3.37. The van der Waals surface area contributed by atoms with Crippen molar-refractivity contribution >= 4 is 22.5 Å². The molecule has 0 aliphatic carbocycles. The van der Waals surface area contributed by atoms with Gasteiger partial charge >= 0.3 is 0 Å². The van der Waals surface area contributed by atoms with Gasteiger partial charge in [-0.25, -0.2) is 9.97 Å². The molecule has 3 heterocycles. The quantitative estimate of drug-likeness (QED) is 0.345. The number of methoxy groups -OCH3 is 1. The average molecular weight is 531 g/mol. The van der Waals surface area contributed by atoms with Crippen LogP contribution in [0, 0.1) is 6.92 Å². The second-order valence-corrected chi connectivity index (χ2v) is 9.78. The van der Waals surface area contributed by atoms with Gasteiger partial charge in [-0.3, -0.25) is 9.48 Å². The number of amides is 1. The minimum Gasteiger partial charge on any atom is -0.508 e. The fraction of sp³-hybridized carbons (Fsp3) is 0.379. The molecule has 4 aromatic rings. The summed E-state index contributed by atoms with van der Waals surface area (Å²) in [5, 5.41) is 18.6. The van der Waals surface area contributed by atoms with E-state index in [1.54, 1.807) is 37.4 Å². The average Bonchev–Trinajstić information content (AvgIpc) is 3.31. The number of nitrogens with one attached hydrogen (secondary N) is 1. The number of phenols is 1. The first-order chi connectivity index (χ1) is 18.9. The van der Waals surface area contributed by atoms with E-state index >= 15 is 0 Å². The predicted octanol–water partition coefficient (Wildman–Crippen LogP) is 4.40. The van der Waals surface area contributed by atoms with Crippen LogP contribution in [0.5, 0.6) is 11.5 Å². The first-order valence-electron chi connectivity index (χ1n) is 13.2. The van der Waals surface area contributed by atoms with Crippen LogP contribution in [0.3, 0.4) is 0 Å². The van der Waals surface area contributed by atoms with Crippen LogP contribution >= 0.6 is 0 Å². The molecular weight excluding hydrogens is 496 g/mol. The van der Waals surface area contributed by atoms with Crippen LogP contribution in [-0.2, 0) is 17.8 Å². The molecule has 0 unspecified atom stereocenters. The Labute approximate surface area is 227 Å². The molecule has 5 rings (SSSR count). The van der Waals surface area contributed by atoms with Gasteiger partial charge in [-0.1, -0.05) is 0 Å². The zero-order chi connectivity index (χ0) is 27.5. The largest absolute Gasteiger partial charge is 0.508 e. The van der Waals surface area contributed by atoms with Gasteiger partial charge in [0.25, 0.3) is 5.91 Å². The molecule has 1 amide bonds. The van der Waals surface area contributed by atoms with E-state index in [1.807, 2.05) is 36.7 Å². The Morgan fingerprint density at radius 1 is 1.21 bits per heavy atom. The molecule has 0 radical (unpaired) electrons. The van der Waals surface area contributed by atoms with E-state index < -0.39 is 0 Å². The van der Waals surface area contributed by atoms with E-state index in [2.05, 4.69) is 10.4 Å². The van der Waals surface area contributed by atoms with Crippen molar-refractivity contribution in [3.8, 4) is 22.9 Å². The van der Waals surface area contributed by atoms with Gasteiger partial charge in [0.15, 0.2) is 5.82 Å². The number of carbonyl (C=O) groups excluding carboxylic acids is 1. The number of aryl methyl sites for hydroxylation is 1. The van der Waals surface area contributed by atoms with Crippen LogP contribution in [0.2, 0.25) is 0 Å². The number of ether oxygens (including phenoxy) is 2. The Hall–Kier alpha value is -4.18.